The van der Waals surface area contributed by atoms with Crippen molar-refractivity contribution >= 4 is 34.7 Å². The molecule has 5 nitrogen and oxygen atoms in total. The fraction of sp³-hybridized carbons (Fsp3) is 0.318. The predicted octanol–water partition coefficient (Wildman–Crippen LogP) is 4.39. The third kappa shape index (κ3) is 5.01. The maximum atomic E-state index is 12.8. The first-order valence-corrected chi connectivity index (χ1v) is 10.4. The second-order valence-electron chi connectivity index (χ2n) is 6.92. The summed E-state index contributed by atoms with van der Waals surface area (Å²) in [6, 6.07) is 18.1. The standard InChI is InChI=1S/C22H26N4OS/c1-4-8-20-21(27)26(16-18-9-6-5-7-10-18)22(28-20)24-23-15-17-11-13-19(14-12-17)25(2)3/h5-7,9-15,20H,4,8,16H2,1-3H3/b23-15+,24-22+. The molecule has 0 spiro atoms. The van der Waals surface area contributed by atoms with Gasteiger partial charge in [0.05, 0.1) is 18.0 Å². The summed E-state index contributed by atoms with van der Waals surface area (Å²) in [7, 11) is 4.02. The van der Waals surface area contributed by atoms with Crippen molar-refractivity contribution in [2.45, 2.75) is 31.6 Å². The molecule has 1 saturated heterocycles. The first-order valence-electron chi connectivity index (χ1n) is 9.49. The van der Waals surface area contributed by atoms with Crippen LogP contribution in [0.1, 0.15) is 30.9 Å². The summed E-state index contributed by atoms with van der Waals surface area (Å²) in [5.41, 5.74) is 3.20. The van der Waals surface area contributed by atoms with E-state index in [0.717, 1.165) is 29.7 Å². The Morgan fingerprint density at radius 3 is 2.46 bits per heavy atom. The molecule has 6 heteroatoms. The summed E-state index contributed by atoms with van der Waals surface area (Å²) in [6.45, 7) is 2.62. The number of hydrogen-bond donors (Lipinski definition) is 0. The molecular weight excluding hydrogens is 368 g/mol. The molecule has 1 fully saturated rings. The van der Waals surface area contributed by atoms with E-state index in [1.165, 1.54) is 11.8 Å². The van der Waals surface area contributed by atoms with E-state index in [9.17, 15) is 4.79 Å². The summed E-state index contributed by atoms with van der Waals surface area (Å²) in [5.74, 6) is 0.125. The predicted molar refractivity (Wildman–Crippen MR) is 119 cm³/mol. The summed E-state index contributed by atoms with van der Waals surface area (Å²) in [6.07, 6.45) is 3.55. The van der Waals surface area contributed by atoms with Gasteiger partial charge in [-0.1, -0.05) is 67.6 Å². The molecule has 1 amide bonds. The van der Waals surface area contributed by atoms with Crippen molar-refractivity contribution in [3.8, 4) is 0 Å². The minimum atomic E-state index is -0.0676. The average molecular weight is 395 g/mol. The minimum Gasteiger partial charge on any atom is -0.378 e. The smallest absolute Gasteiger partial charge is 0.242 e. The SMILES string of the molecule is CCCC1S/C(=N/N=C/c2ccc(N(C)C)cc2)N(Cc2ccccc2)C1=O. The number of carbonyl (C=O) groups is 1. The van der Waals surface area contributed by atoms with Gasteiger partial charge in [-0.25, -0.2) is 0 Å². The first kappa shape index (κ1) is 20.1. The molecule has 1 aliphatic heterocycles. The molecule has 0 radical (unpaired) electrons. The zero-order chi connectivity index (χ0) is 19.9. The fourth-order valence-electron chi connectivity index (χ4n) is 2.95. The number of thioether (sulfide) groups is 1. The Kier molecular flexibility index (Phi) is 6.87. The molecular formula is C22H26N4OS. The van der Waals surface area contributed by atoms with Gasteiger partial charge >= 0.3 is 0 Å². The molecule has 0 bridgehead atoms. The van der Waals surface area contributed by atoms with Crippen molar-refractivity contribution in [1.82, 2.24) is 4.90 Å². The second kappa shape index (κ2) is 9.55. The van der Waals surface area contributed by atoms with Crippen LogP contribution in [-0.4, -0.2) is 41.5 Å². The average Bonchev–Trinajstić information content (AvgIpc) is 2.99. The van der Waals surface area contributed by atoms with Gasteiger partial charge in [0.25, 0.3) is 0 Å². The Bertz CT molecular complexity index is 847. The largest absolute Gasteiger partial charge is 0.378 e. The highest BCUT2D eigenvalue weighted by Crippen LogP contribution is 2.31. The Morgan fingerprint density at radius 1 is 1.11 bits per heavy atom. The minimum absolute atomic E-state index is 0.0676. The van der Waals surface area contributed by atoms with E-state index in [1.807, 2.05) is 68.7 Å². The van der Waals surface area contributed by atoms with Crippen molar-refractivity contribution in [3.05, 3.63) is 65.7 Å². The van der Waals surface area contributed by atoms with E-state index < -0.39 is 0 Å². The van der Waals surface area contributed by atoms with Gasteiger partial charge in [-0.15, -0.1) is 5.10 Å². The van der Waals surface area contributed by atoms with Crippen LogP contribution in [-0.2, 0) is 11.3 Å². The van der Waals surface area contributed by atoms with Crippen LogP contribution in [0.4, 0.5) is 5.69 Å². The summed E-state index contributed by atoms with van der Waals surface area (Å²) in [4.78, 5) is 16.6. The third-order valence-corrected chi connectivity index (χ3v) is 5.75. The Labute approximate surface area is 171 Å². The molecule has 1 heterocycles. The number of nitrogens with zero attached hydrogens (tertiary/aromatic N) is 4. The number of rotatable bonds is 7. The van der Waals surface area contributed by atoms with Crippen LogP contribution in [0.15, 0.2) is 64.8 Å². The summed E-state index contributed by atoms with van der Waals surface area (Å²) in [5, 5.41) is 9.24. The van der Waals surface area contributed by atoms with E-state index in [-0.39, 0.29) is 11.2 Å². The van der Waals surface area contributed by atoms with Crippen LogP contribution in [0.3, 0.4) is 0 Å². The van der Waals surface area contributed by atoms with Crippen molar-refractivity contribution in [1.29, 1.82) is 0 Å². The molecule has 0 aliphatic carbocycles. The number of carbonyl (C=O) groups excluding carboxylic acids is 1. The van der Waals surface area contributed by atoms with Gasteiger partial charge in [-0.3, -0.25) is 9.69 Å². The van der Waals surface area contributed by atoms with Gasteiger partial charge < -0.3 is 4.90 Å². The van der Waals surface area contributed by atoms with Gasteiger partial charge in [0.1, 0.15) is 0 Å². The fourth-order valence-corrected chi connectivity index (χ4v) is 4.16. The van der Waals surface area contributed by atoms with Crippen LogP contribution in [0.25, 0.3) is 0 Å². The number of benzene rings is 2. The van der Waals surface area contributed by atoms with E-state index in [4.69, 9.17) is 0 Å². The third-order valence-electron chi connectivity index (χ3n) is 4.51. The van der Waals surface area contributed by atoms with Crippen LogP contribution in [0.5, 0.6) is 0 Å². The lowest BCUT2D eigenvalue weighted by Crippen LogP contribution is -2.31. The highest BCUT2D eigenvalue weighted by Gasteiger charge is 2.37. The molecule has 1 atom stereocenters. The normalized spacial score (nSPS) is 18.4. The number of amides is 1. The Morgan fingerprint density at radius 2 is 1.82 bits per heavy atom. The van der Waals surface area contributed by atoms with Gasteiger partial charge in [0.2, 0.25) is 5.91 Å². The number of hydrogen-bond acceptors (Lipinski definition) is 5. The molecule has 0 saturated carbocycles. The summed E-state index contributed by atoms with van der Waals surface area (Å²) < 4.78 is 0. The molecule has 146 valence electrons. The van der Waals surface area contributed by atoms with Crippen LogP contribution < -0.4 is 4.90 Å². The van der Waals surface area contributed by atoms with Gasteiger partial charge in [-0.05, 0) is 29.7 Å². The zero-order valence-electron chi connectivity index (χ0n) is 16.6. The lowest BCUT2D eigenvalue weighted by atomic mass is 10.2. The number of amidine groups is 1. The van der Waals surface area contributed by atoms with Crippen molar-refractivity contribution in [3.63, 3.8) is 0 Å². The van der Waals surface area contributed by atoms with Crippen LogP contribution >= 0.6 is 11.8 Å². The molecule has 0 N–H and O–H groups in total. The zero-order valence-corrected chi connectivity index (χ0v) is 17.4. The monoisotopic (exact) mass is 394 g/mol. The van der Waals surface area contributed by atoms with Crippen molar-refractivity contribution in [2.75, 3.05) is 19.0 Å². The van der Waals surface area contributed by atoms with E-state index in [1.54, 1.807) is 11.1 Å². The molecule has 2 aromatic rings. The van der Waals surface area contributed by atoms with E-state index >= 15 is 0 Å². The molecule has 3 rings (SSSR count). The van der Waals surface area contributed by atoms with Gasteiger partial charge in [-0.2, -0.15) is 5.10 Å². The number of anilines is 1. The highest BCUT2D eigenvalue weighted by atomic mass is 32.2. The molecule has 2 aromatic carbocycles. The van der Waals surface area contributed by atoms with Crippen molar-refractivity contribution < 1.29 is 4.79 Å². The molecule has 1 unspecified atom stereocenters. The maximum Gasteiger partial charge on any atom is 0.242 e. The van der Waals surface area contributed by atoms with Gasteiger partial charge in [0.15, 0.2) is 5.17 Å². The van der Waals surface area contributed by atoms with E-state index in [2.05, 4.69) is 22.0 Å². The van der Waals surface area contributed by atoms with Crippen molar-refractivity contribution in [2.24, 2.45) is 10.2 Å². The quantitative estimate of drug-likeness (QED) is 0.517. The molecule has 1 aliphatic rings. The van der Waals surface area contributed by atoms with Gasteiger partial charge in [0, 0.05) is 19.8 Å². The van der Waals surface area contributed by atoms with E-state index in [0.29, 0.717) is 11.7 Å². The first-order chi connectivity index (χ1) is 13.6. The second-order valence-corrected chi connectivity index (χ2v) is 8.09. The lowest BCUT2D eigenvalue weighted by molar-refractivity contribution is -0.126. The Hall–Kier alpha value is -2.60. The molecule has 28 heavy (non-hydrogen) atoms. The van der Waals surface area contributed by atoms with Crippen LogP contribution in [0.2, 0.25) is 0 Å². The maximum absolute atomic E-state index is 12.8. The Balaban J connectivity index is 1.76. The topological polar surface area (TPSA) is 48.3 Å². The summed E-state index contributed by atoms with van der Waals surface area (Å²) >= 11 is 1.52. The molecule has 0 aromatic heterocycles. The lowest BCUT2D eigenvalue weighted by Gasteiger charge is -2.15. The van der Waals surface area contributed by atoms with Crippen LogP contribution in [0, 0.1) is 0 Å². The highest BCUT2D eigenvalue weighted by molar-refractivity contribution is 8.15.